The molecule has 0 N–H and O–H groups in total. The van der Waals surface area contributed by atoms with Crippen molar-refractivity contribution in [1.29, 1.82) is 0 Å². The molecule has 0 bridgehead atoms. The van der Waals surface area contributed by atoms with Crippen LogP contribution in [0.4, 0.5) is 0 Å². The molecule has 0 unspecified atom stereocenters. The monoisotopic (exact) mass is 274 g/mol. The fraction of sp³-hybridized carbons (Fsp3) is 0.167. The third kappa shape index (κ3) is 2.18. The van der Waals surface area contributed by atoms with Gasteiger partial charge in [-0.05, 0) is 0 Å². The highest BCUT2D eigenvalue weighted by molar-refractivity contribution is 5.91. The van der Waals surface area contributed by atoms with Gasteiger partial charge in [0.15, 0.2) is 12.6 Å². The van der Waals surface area contributed by atoms with Crippen LogP contribution in [-0.4, -0.2) is 32.1 Å². The van der Waals surface area contributed by atoms with E-state index in [-0.39, 0.29) is 22.5 Å². The molecule has 102 valence electrons. The molecule has 8 heteroatoms. The zero-order valence-electron chi connectivity index (χ0n) is 10.7. The average molecular weight is 274 g/mol. The van der Waals surface area contributed by atoms with Crippen LogP contribution < -0.4 is 11.1 Å². The normalized spacial score (nSPS) is 10.3. The van der Waals surface area contributed by atoms with Gasteiger partial charge in [-0.15, -0.1) is 0 Å². The number of carbonyl (C=O) groups is 2. The molecule has 0 fully saturated rings. The van der Waals surface area contributed by atoms with E-state index in [1.54, 1.807) is 0 Å². The van der Waals surface area contributed by atoms with Crippen molar-refractivity contribution in [3.05, 3.63) is 44.1 Å². The number of hydrogen-bond acceptors (Lipinski definition) is 6. The average Bonchev–Trinajstić information content (AvgIpc) is 2.43. The Labute approximate surface area is 112 Å². The molecule has 0 aliphatic rings. The molecule has 0 saturated carbocycles. The van der Waals surface area contributed by atoms with E-state index in [1.165, 1.54) is 14.1 Å². The predicted molar refractivity (Wildman–Crippen MR) is 68.7 cm³/mol. The second kappa shape index (κ2) is 5.00. The summed E-state index contributed by atoms with van der Waals surface area (Å²) in [5.74, 6) is 0. The van der Waals surface area contributed by atoms with E-state index in [4.69, 9.17) is 0 Å². The molecular weight excluding hydrogens is 264 g/mol. The third-order valence-electron chi connectivity index (χ3n) is 2.74. The number of rotatable bonds is 3. The fourth-order valence-corrected chi connectivity index (χ4v) is 1.68. The Balaban J connectivity index is 2.87. The molecule has 8 nitrogen and oxygen atoms in total. The standard InChI is InChI=1S/C12H10N4O4/c1-15-11(20)4-8(9(6-18)13-15)12-7(5-17)3-10(19)16(2)14-12/h3-6H,1-2H3. The highest BCUT2D eigenvalue weighted by atomic mass is 16.1. The smallest absolute Gasteiger partial charge is 0.267 e. The van der Waals surface area contributed by atoms with Crippen LogP contribution in [0.15, 0.2) is 21.7 Å². The molecule has 2 heterocycles. The minimum Gasteiger partial charge on any atom is -0.298 e. The summed E-state index contributed by atoms with van der Waals surface area (Å²) in [6.07, 6.45) is 0.895. The number of nitrogens with zero attached hydrogens (tertiary/aromatic N) is 4. The Kier molecular flexibility index (Phi) is 3.38. The molecule has 2 aromatic rings. The summed E-state index contributed by atoms with van der Waals surface area (Å²) in [5.41, 5.74) is -0.804. The van der Waals surface area contributed by atoms with Crippen LogP contribution >= 0.6 is 0 Å². The van der Waals surface area contributed by atoms with Gasteiger partial charge in [-0.2, -0.15) is 10.2 Å². The van der Waals surface area contributed by atoms with Crippen molar-refractivity contribution in [2.24, 2.45) is 14.1 Å². The molecular formula is C12H10N4O4. The van der Waals surface area contributed by atoms with Crippen LogP contribution in [0.5, 0.6) is 0 Å². The van der Waals surface area contributed by atoms with Crippen molar-refractivity contribution in [3.63, 3.8) is 0 Å². The zero-order valence-corrected chi connectivity index (χ0v) is 10.7. The van der Waals surface area contributed by atoms with Gasteiger partial charge in [-0.3, -0.25) is 19.2 Å². The lowest BCUT2D eigenvalue weighted by Gasteiger charge is -2.08. The summed E-state index contributed by atoms with van der Waals surface area (Å²) in [6, 6.07) is 2.23. The summed E-state index contributed by atoms with van der Waals surface area (Å²) in [5, 5.41) is 7.71. The molecule has 2 rings (SSSR count). The second-order valence-corrected chi connectivity index (χ2v) is 4.05. The van der Waals surface area contributed by atoms with E-state index in [2.05, 4.69) is 10.2 Å². The Bertz CT molecular complexity index is 819. The van der Waals surface area contributed by atoms with Crippen LogP contribution in [0.1, 0.15) is 20.8 Å². The molecule has 0 aliphatic carbocycles. The van der Waals surface area contributed by atoms with Crippen molar-refractivity contribution in [2.45, 2.75) is 0 Å². The highest BCUT2D eigenvalue weighted by Crippen LogP contribution is 2.19. The van der Waals surface area contributed by atoms with Crippen LogP contribution in [-0.2, 0) is 14.1 Å². The summed E-state index contributed by atoms with van der Waals surface area (Å²) >= 11 is 0. The molecule has 0 spiro atoms. The summed E-state index contributed by atoms with van der Waals surface area (Å²) in [4.78, 5) is 45.2. The minimum atomic E-state index is -0.472. The topological polar surface area (TPSA) is 104 Å². The van der Waals surface area contributed by atoms with E-state index in [0.717, 1.165) is 21.5 Å². The van der Waals surface area contributed by atoms with E-state index in [0.29, 0.717) is 12.6 Å². The molecule has 0 aliphatic heterocycles. The van der Waals surface area contributed by atoms with Gasteiger partial charge in [0.1, 0.15) is 11.4 Å². The number of aryl methyl sites for hydroxylation is 2. The number of hydrogen-bond donors (Lipinski definition) is 0. The van der Waals surface area contributed by atoms with Gasteiger partial charge in [-0.1, -0.05) is 0 Å². The van der Waals surface area contributed by atoms with Crippen LogP contribution in [0.2, 0.25) is 0 Å². The SMILES string of the molecule is Cn1nc(C=O)c(-c2nn(C)c(=O)cc2C=O)cc1=O. The van der Waals surface area contributed by atoms with Crippen molar-refractivity contribution < 1.29 is 9.59 Å². The van der Waals surface area contributed by atoms with Gasteiger partial charge in [-0.25, -0.2) is 9.36 Å². The van der Waals surface area contributed by atoms with Gasteiger partial charge >= 0.3 is 0 Å². The molecule has 0 radical (unpaired) electrons. The first-order valence-electron chi connectivity index (χ1n) is 5.55. The van der Waals surface area contributed by atoms with Gasteiger partial charge < -0.3 is 0 Å². The Morgan fingerprint density at radius 2 is 1.55 bits per heavy atom. The Morgan fingerprint density at radius 1 is 0.950 bits per heavy atom. The molecule has 20 heavy (non-hydrogen) atoms. The van der Waals surface area contributed by atoms with Crippen molar-refractivity contribution in [1.82, 2.24) is 19.6 Å². The molecule has 0 atom stereocenters. The van der Waals surface area contributed by atoms with Crippen molar-refractivity contribution >= 4 is 12.6 Å². The van der Waals surface area contributed by atoms with Gasteiger partial charge in [0.05, 0.1) is 0 Å². The van der Waals surface area contributed by atoms with Crippen LogP contribution in [0, 0.1) is 0 Å². The first-order valence-corrected chi connectivity index (χ1v) is 5.55. The Hall–Kier alpha value is -2.90. The van der Waals surface area contributed by atoms with Gasteiger partial charge in [0, 0.05) is 37.4 Å². The molecule has 0 saturated heterocycles. The molecule has 2 aromatic heterocycles. The first-order chi connectivity index (χ1) is 9.47. The van der Waals surface area contributed by atoms with Gasteiger partial charge in [0.25, 0.3) is 11.1 Å². The minimum absolute atomic E-state index is 0.00810. The molecule has 0 aromatic carbocycles. The number of aromatic nitrogens is 4. The predicted octanol–water partition coefficient (Wildman–Crippen LogP) is -0.834. The second-order valence-electron chi connectivity index (χ2n) is 4.05. The van der Waals surface area contributed by atoms with Crippen LogP contribution in [0.3, 0.4) is 0 Å². The summed E-state index contributed by atoms with van der Waals surface area (Å²) in [7, 11) is 2.80. The quantitative estimate of drug-likeness (QED) is 0.676. The van der Waals surface area contributed by atoms with E-state index < -0.39 is 11.1 Å². The maximum Gasteiger partial charge on any atom is 0.267 e. The maximum atomic E-state index is 11.6. The van der Waals surface area contributed by atoms with Crippen molar-refractivity contribution in [2.75, 3.05) is 0 Å². The lowest BCUT2D eigenvalue weighted by molar-refractivity contribution is 0.111. The number of carbonyl (C=O) groups excluding carboxylic acids is 2. The van der Waals surface area contributed by atoms with E-state index in [1.807, 2.05) is 0 Å². The number of aldehydes is 2. The van der Waals surface area contributed by atoms with E-state index >= 15 is 0 Å². The zero-order chi connectivity index (χ0) is 14.9. The lowest BCUT2D eigenvalue weighted by Crippen LogP contribution is -2.24. The fourth-order valence-electron chi connectivity index (χ4n) is 1.68. The highest BCUT2D eigenvalue weighted by Gasteiger charge is 2.15. The summed E-state index contributed by atoms with van der Waals surface area (Å²) < 4.78 is 2.00. The maximum absolute atomic E-state index is 11.6. The van der Waals surface area contributed by atoms with Gasteiger partial charge in [0.2, 0.25) is 0 Å². The largest absolute Gasteiger partial charge is 0.298 e. The van der Waals surface area contributed by atoms with Crippen LogP contribution in [0.25, 0.3) is 11.3 Å². The summed E-state index contributed by atoms with van der Waals surface area (Å²) in [6.45, 7) is 0. The van der Waals surface area contributed by atoms with Crippen molar-refractivity contribution in [3.8, 4) is 11.3 Å². The lowest BCUT2D eigenvalue weighted by atomic mass is 10.1. The Morgan fingerprint density at radius 3 is 2.15 bits per heavy atom. The molecule has 0 amide bonds. The first kappa shape index (κ1) is 13.5. The third-order valence-corrected chi connectivity index (χ3v) is 2.74. The van der Waals surface area contributed by atoms with E-state index in [9.17, 15) is 19.2 Å².